The molecule has 3 aliphatic rings. The van der Waals surface area contributed by atoms with E-state index in [1.807, 2.05) is 30.0 Å². The minimum absolute atomic E-state index is 0.209. The summed E-state index contributed by atoms with van der Waals surface area (Å²) < 4.78 is 55.0. The number of hydrogen-bond donors (Lipinski definition) is 3. The second-order valence-electron chi connectivity index (χ2n) is 11.3. The van der Waals surface area contributed by atoms with Gasteiger partial charge >= 0.3 is 0 Å². The normalized spacial score (nSPS) is 20.5. The maximum atomic E-state index is 13.8. The number of benzene rings is 1. The van der Waals surface area contributed by atoms with Crippen LogP contribution in [0.1, 0.15) is 44.2 Å². The summed E-state index contributed by atoms with van der Waals surface area (Å²) in [6.45, 7) is 3.59. The minimum Gasteiger partial charge on any atom is -0.395 e. The van der Waals surface area contributed by atoms with Crippen LogP contribution in [0.5, 0.6) is 0 Å². The van der Waals surface area contributed by atoms with Crippen molar-refractivity contribution in [3.63, 3.8) is 0 Å². The van der Waals surface area contributed by atoms with Crippen LogP contribution in [-0.2, 0) is 10.0 Å². The van der Waals surface area contributed by atoms with Crippen LogP contribution < -0.4 is 14.5 Å². The first-order chi connectivity index (χ1) is 18.6. The Balaban J connectivity index is 1.39. The van der Waals surface area contributed by atoms with Crippen LogP contribution in [0.3, 0.4) is 0 Å². The molecular weight excluding hydrogens is 526 g/mol. The highest BCUT2D eigenvalue weighted by Crippen LogP contribution is 2.54. The predicted molar refractivity (Wildman–Crippen MR) is 148 cm³/mol. The number of imidazole rings is 1. The van der Waals surface area contributed by atoms with Crippen LogP contribution in [-0.4, -0.2) is 72.9 Å². The molecule has 3 fully saturated rings. The molecule has 1 spiro atoms. The number of aryl methyl sites for hydroxylation is 1. The summed E-state index contributed by atoms with van der Waals surface area (Å²) in [6, 6.07) is 7.27. The van der Waals surface area contributed by atoms with Crippen molar-refractivity contribution in [1.82, 2.24) is 15.0 Å². The number of pyridine rings is 1. The second kappa shape index (κ2) is 9.58. The standard InChI is InChI=1S/C27H34F2N6O3S/c1-18-16-21-23(25(30-18)35-12-8-27(28,29)9-13-35)32-24(31-21)20-3-2-19(33-39(37,38)15-14-36)17-22(20)34-10-6-26(4-5-26)7-11-34/h2-3,16-17,33,36H,4-15H2,1H3,(H,31,32). The highest BCUT2D eigenvalue weighted by Gasteiger charge is 2.44. The van der Waals surface area contributed by atoms with Gasteiger partial charge in [-0.3, -0.25) is 4.72 Å². The number of alkyl halides is 2. The number of rotatable bonds is 7. The third kappa shape index (κ3) is 5.41. The van der Waals surface area contributed by atoms with Crippen molar-refractivity contribution < 1.29 is 22.3 Å². The van der Waals surface area contributed by atoms with E-state index in [4.69, 9.17) is 10.1 Å². The molecule has 2 aromatic heterocycles. The number of fused-ring (bicyclic) bond motifs is 1. The molecule has 6 rings (SSSR count). The SMILES string of the molecule is Cc1cc2nc(-c3ccc(NS(=O)(=O)CCO)cc3N3CCC4(CC3)CC4)[nH]c2c(N2CCC(F)(F)CC2)n1. The number of H-pyrrole nitrogens is 1. The first-order valence-electron chi connectivity index (χ1n) is 13.6. The van der Waals surface area contributed by atoms with Gasteiger partial charge < -0.3 is 19.9 Å². The third-order valence-electron chi connectivity index (χ3n) is 8.39. The molecule has 2 aliphatic heterocycles. The van der Waals surface area contributed by atoms with Gasteiger partial charge in [0.15, 0.2) is 5.82 Å². The largest absolute Gasteiger partial charge is 0.395 e. The van der Waals surface area contributed by atoms with E-state index < -0.39 is 22.6 Å². The van der Waals surface area contributed by atoms with Gasteiger partial charge in [-0.05, 0) is 62.3 Å². The van der Waals surface area contributed by atoms with Crippen molar-refractivity contribution in [2.75, 3.05) is 53.1 Å². The number of sulfonamides is 1. The smallest absolute Gasteiger partial charge is 0.251 e. The molecule has 9 nitrogen and oxygen atoms in total. The molecule has 4 heterocycles. The summed E-state index contributed by atoms with van der Waals surface area (Å²) in [4.78, 5) is 17.2. The van der Waals surface area contributed by atoms with Gasteiger partial charge in [-0.2, -0.15) is 0 Å². The Morgan fingerprint density at radius 3 is 2.36 bits per heavy atom. The summed E-state index contributed by atoms with van der Waals surface area (Å²) >= 11 is 0. The molecule has 12 heteroatoms. The van der Waals surface area contributed by atoms with E-state index in [0.29, 0.717) is 33.8 Å². The van der Waals surface area contributed by atoms with Gasteiger partial charge in [0, 0.05) is 56.0 Å². The van der Waals surface area contributed by atoms with E-state index in [1.54, 1.807) is 6.07 Å². The molecule has 0 amide bonds. The van der Waals surface area contributed by atoms with Crippen molar-refractivity contribution in [3.05, 3.63) is 30.0 Å². The first-order valence-corrected chi connectivity index (χ1v) is 15.2. The monoisotopic (exact) mass is 560 g/mol. The topological polar surface area (TPSA) is 114 Å². The first kappa shape index (κ1) is 26.2. The molecule has 0 atom stereocenters. The van der Waals surface area contributed by atoms with E-state index in [2.05, 4.69) is 19.6 Å². The van der Waals surface area contributed by atoms with Crippen molar-refractivity contribution in [1.29, 1.82) is 0 Å². The lowest BCUT2D eigenvalue weighted by atomic mass is 9.93. The Morgan fingerprint density at radius 1 is 1.00 bits per heavy atom. The summed E-state index contributed by atoms with van der Waals surface area (Å²) in [6.07, 6.45) is 4.32. The average molecular weight is 561 g/mol. The summed E-state index contributed by atoms with van der Waals surface area (Å²) in [5.41, 5.74) is 4.77. The quantitative estimate of drug-likeness (QED) is 0.395. The van der Waals surface area contributed by atoms with Gasteiger partial charge in [-0.25, -0.2) is 27.2 Å². The molecule has 1 aliphatic carbocycles. The number of piperidine rings is 2. The predicted octanol–water partition coefficient (Wildman–Crippen LogP) is 4.28. The van der Waals surface area contributed by atoms with Crippen LogP contribution in [0, 0.1) is 12.3 Å². The fraction of sp³-hybridized carbons (Fsp3) is 0.556. The molecular formula is C27H34F2N6O3S. The number of aromatic amines is 1. The summed E-state index contributed by atoms with van der Waals surface area (Å²) in [5.74, 6) is -1.78. The highest BCUT2D eigenvalue weighted by molar-refractivity contribution is 7.92. The van der Waals surface area contributed by atoms with Crippen LogP contribution in [0.2, 0.25) is 0 Å². The number of halogens is 2. The van der Waals surface area contributed by atoms with E-state index in [0.717, 1.165) is 42.9 Å². The number of hydrogen-bond acceptors (Lipinski definition) is 7. The fourth-order valence-corrected chi connectivity index (χ4v) is 6.65. The van der Waals surface area contributed by atoms with Gasteiger partial charge in [-0.1, -0.05) is 0 Å². The van der Waals surface area contributed by atoms with Gasteiger partial charge in [-0.15, -0.1) is 0 Å². The number of aliphatic hydroxyl groups excluding tert-OH is 1. The zero-order valence-corrected chi connectivity index (χ0v) is 22.8. The second-order valence-corrected chi connectivity index (χ2v) is 13.1. The van der Waals surface area contributed by atoms with Crippen LogP contribution in [0.25, 0.3) is 22.4 Å². The van der Waals surface area contributed by atoms with Crippen LogP contribution in [0.4, 0.5) is 26.0 Å². The Hall–Kier alpha value is -2.99. The molecule has 2 saturated heterocycles. The zero-order chi connectivity index (χ0) is 27.4. The lowest BCUT2D eigenvalue weighted by molar-refractivity contribution is -0.0221. The van der Waals surface area contributed by atoms with E-state index in [9.17, 15) is 17.2 Å². The molecule has 0 unspecified atom stereocenters. The lowest BCUT2D eigenvalue weighted by Crippen LogP contribution is -2.39. The Labute approximate surface area is 226 Å². The molecule has 3 N–H and O–H groups in total. The van der Waals surface area contributed by atoms with Gasteiger partial charge in [0.25, 0.3) is 5.92 Å². The Morgan fingerprint density at radius 2 is 1.69 bits per heavy atom. The van der Waals surface area contributed by atoms with Crippen LogP contribution in [0.15, 0.2) is 24.3 Å². The third-order valence-corrected chi connectivity index (χ3v) is 9.65. The van der Waals surface area contributed by atoms with Gasteiger partial charge in [0.1, 0.15) is 11.3 Å². The summed E-state index contributed by atoms with van der Waals surface area (Å²) in [5, 5.41) is 9.13. The fourth-order valence-electron chi connectivity index (χ4n) is 5.82. The maximum Gasteiger partial charge on any atom is 0.251 e. The van der Waals surface area contributed by atoms with Gasteiger partial charge in [0.2, 0.25) is 10.0 Å². The van der Waals surface area contributed by atoms with E-state index in [1.165, 1.54) is 12.8 Å². The number of nitrogens with one attached hydrogen (secondary N) is 2. The van der Waals surface area contributed by atoms with Gasteiger partial charge in [0.05, 0.1) is 23.6 Å². The maximum absolute atomic E-state index is 13.8. The molecule has 1 saturated carbocycles. The lowest BCUT2D eigenvalue weighted by Gasteiger charge is -2.35. The molecule has 210 valence electrons. The van der Waals surface area contributed by atoms with Crippen molar-refractivity contribution in [2.24, 2.45) is 5.41 Å². The average Bonchev–Trinajstić information content (AvgIpc) is 3.49. The van der Waals surface area contributed by atoms with Crippen molar-refractivity contribution in [3.8, 4) is 11.4 Å². The Kier molecular flexibility index (Phi) is 6.45. The van der Waals surface area contributed by atoms with Crippen molar-refractivity contribution >= 4 is 38.2 Å². The van der Waals surface area contributed by atoms with Crippen LogP contribution >= 0.6 is 0 Å². The summed E-state index contributed by atoms with van der Waals surface area (Å²) in [7, 11) is -3.68. The number of nitrogens with zero attached hydrogens (tertiary/aromatic N) is 4. The zero-order valence-electron chi connectivity index (χ0n) is 22.0. The number of aliphatic hydroxyl groups is 1. The molecule has 39 heavy (non-hydrogen) atoms. The van der Waals surface area contributed by atoms with E-state index in [-0.39, 0.29) is 31.7 Å². The molecule has 1 aromatic carbocycles. The molecule has 0 radical (unpaired) electrons. The Bertz CT molecular complexity index is 1480. The van der Waals surface area contributed by atoms with E-state index >= 15 is 0 Å². The molecule has 3 aromatic rings. The van der Waals surface area contributed by atoms with Crippen molar-refractivity contribution in [2.45, 2.75) is 51.4 Å². The minimum atomic E-state index is -3.68. The molecule has 0 bridgehead atoms. The highest BCUT2D eigenvalue weighted by atomic mass is 32.2. The number of anilines is 3. The number of aromatic nitrogens is 3.